The molecule has 3 rings (SSSR count). The number of ether oxygens (including phenoxy) is 1. The third kappa shape index (κ3) is 4.26. The Morgan fingerprint density at radius 3 is 2.54 bits per heavy atom. The quantitative estimate of drug-likeness (QED) is 0.900. The van der Waals surface area contributed by atoms with Gasteiger partial charge in [0.25, 0.3) is 0 Å². The van der Waals surface area contributed by atoms with Crippen LogP contribution in [0.5, 0.6) is 11.5 Å². The number of rotatable bonds is 4. The summed E-state index contributed by atoms with van der Waals surface area (Å²) in [5.41, 5.74) is 0.728. The molecule has 1 aliphatic rings. The minimum Gasteiger partial charge on any atom is -0.457 e. The van der Waals surface area contributed by atoms with Gasteiger partial charge in [-0.15, -0.1) is 0 Å². The van der Waals surface area contributed by atoms with Crippen LogP contribution in [0.1, 0.15) is 12.8 Å². The Balaban J connectivity index is 1.56. The third-order valence-corrected chi connectivity index (χ3v) is 4.15. The number of piperidine rings is 1. The lowest BCUT2D eigenvalue weighted by Crippen LogP contribution is -2.43. The van der Waals surface area contributed by atoms with Gasteiger partial charge in [-0.3, -0.25) is 0 Å². The first-order chi connectivity index (χ1) is 11.7. The average molecular weight is 326 g/mol. The zero-order valence-electron chi connectivity index (χ0n) is 13.5. The van der Waals surface area contributed by atoms with Crippen molar-refractivity contribution >= 4 is 11.7 Å². The Hall–Kier alpha value is -2.53. The van der Waals surface area contributed by atoms with E-state index in [2.05, 4.69) is 5.32 Å². The molecule has 0 spiro atoms. The number of benzene rings is 2. The molecule has 5 nitrogen and oxygen atoms in total. The molecule has 2 aromatic carbocycles. The summed E-state index contributed by atoms with van der Waals surface area (Å²) in [7, 11) is 0. The number of carbonyl (C=O) groups is 1. The maximum absolute atomic E-state index is 12.3. The van der Waals surface area contributed by atoms with E-state index in [9.17, 15) is 9.90 Å². The molecule has 0 bridgehead atoms. The first-order valence-electron chi connectivity index (χ1n) is 8.24. The van der Waals surface area contributed by atoms with Crippen molar-refractivity contribution in [2.24, 2.45) is 5.92 Å². The number of anilines is 1. The van der Waals surface area contributed by atoms with Gasteiger partial charge in [-0.2, -0.15) is 0 Å². The standard InChI is InChI=1S/C19H22N2O3/c22-14-15-5-4-12-21(13-15)19(23)20-16-8-10-18(11-9-16)24-17-6-2-1-3-7-17/h1-3,6-11,15,22H,4-5,12-14H2,(H,20,23). The minimum absolute atomic E-state index is 0.120. The number of hydrogen-bond acceptors (Lipinski definition) is 3. The van der Waals surface area contributed by atoms with E-state index >= 15 is 0 Å². The molecule has 2 amide bonds. The van der Waals surface area contributed by atoms with Gasteiger partial charge in [-0.1, -0.05) is 18.2 Å². The van der Waals surface area contributed by atoms with E-state index in [1.807, 2.05) is 54.6 Å². The SMILES string of the molecule is O=C(Nc1ccc(Oc2ccccc2)cc1)N1CCCC(CO)C1. The summed E-state index contributed by atoms with van der Waals surface area (Å²) in [6, 6.07) is 16.7. The van der Waals surface area contributed by atoms with Gasteiger partial charge in [-0.25, -0.2) is 4.79 Å². The monoisotopic (exact) mass is 326 g/mol. The molecule has 0 aliphatic carbocycles. The largest absolute Gasteiger partial charge is 0.457 e. The fourth-order valence-electron chi connectivity index (χ4n) is 2.83. The van der Waals surface area contributed by atoms with Crippen LogP contribution in [-0.4, -0.2) is 35.7 Å². The van der Waals surface area contributed by atoms with E-state index < -0.39 is 0 Å². The van der Waals surface area contributed by atoms with Crippen LogP contribution < -0.4 is 10.1 Å². The first-order valence-corrected chi connectivity index (χ1v) is 8.24. The van der Waals surface area contributed by atoms with E-state index in [1.165, 1.54) is 0 Å². The summed E-state index contributed by atoms with van der Waals surface area (Å²) in [6.07, 6.45) is 1.91. The predicted molar refractivity (Wildman–Crippen MR) is 93.4 cm³/mol. The zero-order chi connectivity index (χ0) is 16.8. The molecule has 126 valence electrons. The lowest BCUT2D eigenvalue weighted by molar-refractivity contribution is 0.136. The number of nitrogens with one attached hydrogen (secondary N) is 1. The number of hydrogen-bond donors (Lipinski definition) is 2. The van der Waals surface area contributed by atoms with Gasteiger partial charge in [-0.05, 0) is 55.2 Å². The zero-order valence-corrected chi connectivity index (χ0v) is 13.5. The molecule has 1 saturated heterocycles. The fourth-order valence-corrected chi connectivity index (χ4v) is 2.83. The maximum Gasteiger partial charge on any atom is 0.321 e. The van der Waals surface area contributed by atoms with Crippen molar-refractivity contribution in [2.75, 3.05) is 25.0 Å². The molecular weight excluding hydrogens is 304 g/mol. The van der Waals surface area contributed by atoms with Gasteiger partial charge in [0, 0.05) is 25.4 Å². The van der Waals surface area contributed by atoms with E-state index in [0.29, 0.717) is 6.54 Å². The number of urea groups is 1. The van der Waals surface area contributed by atoms with Crippen molar-refractivity contribution in [2.45, 2.75) is 12.8 Å². The second-order valence-electron chi connectivity index (χ2n) is 6.01. The van der Waals surface area contributed by atoms with Crippen LogP contribution in [0.4, 0.5) is 10.5 Å². The van der Waals surface area contributed by atoms with Crippen molar-refractivity contribution < 1.29 is 14.6 Å². The lowest BCUT2D eigenvalue weighted by Gasteiger charge is -2.31. The number of para-hydroxylation sites is 1. The number of carbonyl (C=O) groups excluding carboxylic acids is 1. The highest BCUT2D eigenvalue weighted by Crippen LogP contribution is 2.23. The molecule has 2 aromatic rings. The molecule has 0 radical (unpaired) electrons. The average Bonchev–Trinajstić information content (AvgIpc) is 2.64. The summed E-state index contributed by atoms with van der Waals surface area (Å²) < 4.78 is 5.73. The molecule has 1 unspecified atom stereocenters. The van der Waals surface area contributed by atoms with Crippen LogP contribution in [0.2, 0.25) is 0 Å². The van der Waals surface area contributed by atoms with E-state index in [-0.39, 0.29) is 18.6 Å². The van der Waals surface area contributed by atoms with Gasteiger partial charge in [0.2, 0.25) is 0 Å². The molecule has 1 fully saturated rings. The Morgan fingerprint density at radius 1 is 1.12 bits per heavy atom. The van der Waals surface area contributed by atoms with E-state index in [4.69, 9.17) is 4.74 Å². The molecular formula is C19H22N2O3. The number of aliphatic hydroxyl groups excluding tert-OH is 1. The third-order valence-electron chi connectivity index (χ3n) is 4.15. The molecule has 2 N–H and O–H groups in total. The summed E-state index contributed by atoms with van der Waals surface area (Å²) >= 11 is 0. The summed E-state index contributed by atoms with van der Waals surface area (Å²) in [4.78, 5) is 14.1. The highest BCUT2D eigenvalue weighted by molar-refractivity contribution is 5.89. The van der Waals surface area contributed by atoms with Crippen LogP contribution in [0.25, 0.3) is 0 Å². The number of amides is 2. The van der Waals surface area contributed by atoms with Crippen LogP contribution in [0.3, 0.4) is 0 Å². The Bertz CT molecular complexity index is 658. The molecule has 0 saturated carbocycles. The molecule has 1 atom stereocenters. The number of nitrogens with zero attached hydrogens (tertiary/aromatic N) is 1. The van der Waals surface area contributed by atoms with Gasteiger partial charge in [0.1, 0.15) is 11.5 Å². The first kappa shape index (κ1) is 16.3. The van der Waals surface area contributed by atoms with Crippen molar-refractivity contribution in [3.63, 3.8) is 0 Å². The van der Waals surface area contributed by atoms with Crippen molar-refractivity contribution in [3.8, 4) is 11.5 Å². The fraction of sp³-hybridized carbons (Fsp3) is 0.316. The van der Waals surface area contributed by atoms with Crippen LogP contribution in [-0.2, 0) is 0 Å². The second-order valence-corrected chi connectivity index (χ2v) is 6.01. The van der Waals surface area contributed by atoms with Gasteiger partial charge in [0.15, 0.2) is 0 Å². The Labute approximate surface area is 141 Å². The molecule has 1 heterocycles. The van der Waals surface area contributed by atoms with Crippen molar-refractivity contribution in [3.05, 3.63) is 54.6 Å². The van der Waals surface area contributed by atoms with Crippen LogP contribution in [0.15, 0.2) is 54.6 Å². The molecule has 0 aromatic heterocycles. The smallest absolute Gasteiger partial charge is 0.321 e. The van der Waals surface area contributed by atoms with Crippen molar-refractivity contribution in [1.29, 1.82) is 0 Å². The Morgan fingerprint density at radius 2 is 1.83 bits per heavy atom. The molecule has 1 aliphatic heterocycles. The lowest BCUT2D eigenvalue weighted by atomic mass is 9.99. The normalized spacial score (nSPS) is 17.4. The molecule has 5 heteroatoms. The Kier molecular flexibility index (Phi) is 5.33. The topological polar surface area (TPSA) is 61.8 Å². The van der Waals surface area contributed by atoms with Gasteiger partial charge in [0.05, 0.1) is 0 Å². The summed E-state index contributed by atoms with van der Waals surface area (Å²) in [5, 5.41) is 12.2. The molecule has 24 heavy (non-hydrogen) atoms. The van der Waals surface area contributed by atoms with E-state index in [1.54, 1.807) is 4.90 Å². The van der Waals surface area contributed by atoms with E-state index in [0.717, 1.165) is 36.6 Å². The summed E-state index contributed by atoms with van der Waals surface area (Å²) in [6.45, 7) is 1.48. The van der Waals surface area contributed by atoms with Crippen LogP contribution in [0, 0.1) is 5.92 Å². The second kappa shape index (κ2) is 7.84. The minimum atomic E-state index is -0.120. The maximum atomic E-state index is 12.3. The highest BCUT2D eigenvalue weighted by atomic mass is 16.5. The highest BCUT2D eigenvalue weighted by Gasteiger charge is 2.23. The predicted octanol–water partition coefficient (Wildman–Crippen LogP) is 3.72. The summed E-state index contributed by atoms with van der Waals surface area (Å²) in [5.74, 6) is 1.68. The number of aliphatic hydroxyl groups is 1. The van der Waals surface area contributed by atoms with Crippen molar-refractivity contribution in [1.82, 2.24) is 4.90 Å². The van der Waals surface area contributed by atoms with Gasteiger partial charge >= 0.3 is 6.03 Å². The van der Waals surface area contributed by atoms with Crippen LogP contribution >= 0.6 is 0 Å². The van der Waals surface area contributed by atoms with Gasteiger partial charge < -0.3 is 20.1 Å². The number of likely N-dealkylation sites (tertiary alicyclic amines) is 1.